The van der Waals surface area contributed by atoms with Crippen molar-refractivity contribution in [2.24, 2.45) is 0 Å². The summed E-state index contributed by atoms with van der Waals surface area (Å²) < 4.78 is 5.93. The van der Waals surface area contributed by atoms with E-state index in [4.69, 9.17) is 4.74 Å². The third kappa shape index (κ3) is 3.42. The van der Waals surface area contributed by atoms with Gasteiger partial charge in [-0.2, -0.15) is 0 Å². The molecule has 2 aliphatic rings. The minimum absolute atomic E-state index is 0.0598. The molecule has 0 atom stereocenters. The molecule has 0 bridgehead atoms. The molecule has 1 saturated carbocycles. The molecule has 4 heteroatoms. The van der Waals surface area contributed by atoms with Crippen LogP contribution in [0.15, 0.2) is 0 Å². The van der Waals surface area contributed by atoms with Crippen molar-refractivity contribution in [3.05, 3.63) is 0 Å². The van der Waals surface area contributed by atoms with E-state index in [-0.39, 0.29) is 11.5 Å². The van der Waals surface area contributed by atoms with Crippen molar-refractivity contribution in [3.63, 3.8) is 0 Å². The van der Waals surface area contributed by atoms with Crippen molar-refractivity contribution in [2.45, 2.75) is 57.1 Å². The molecule has 4 nitrogen and oxygen atoms in total. The van der Waals surface area contributed by atoms with Gasteiger partial charge >= 0.3 is 0 Å². The average molecular weight is 240 g/mol. The maximum absolute atomic E-state index is 11.5. The first-order valence-corrected chi connectivity index (χ1v) is 6.88. The standard InChI is InChI=1S/C13H24N2O2/c1-2-3-12(16)15-11-4-6-13(7-5-11)10-14-8-9-17-13/h11,14H,2-10H2,1H3,(H,15,16). The molecule has 1 aliphatic heterocycles. The lowest BCUT2D eigenvalue weighted by Crippen LogP contribution is -2.53. The van der Waals surface area contributed by atoms with Crippen molar-refractivity contribution in [1.82, 2.24) is 10.6 Å². The Morgan fingerprint density at radius 1 is 1.47 bits per heavy atom. The zero-order chi connectivity index (χ0) is 12.1. The van der Waals surface area contributed by atoms with Crippen LogP contribution >= 0.6 is 0 Å². The molecule has 0 unspecified atom stereocenters. The van der Waals surface area contributed by atoms with Gasteiger partial charge in [0.2, 0.25) is 5.91 Å². The van der Waals surface area contributed by atoms with Crippen LogP contribution in [0.1, 0.15) is 45.4 Å². The van der Waals surface area contributed by atoms with E-state index in [1.54, 1.807) is 0 Å². The molecule has 17 heavy (non-hydrogen) atoms. The van der Waals surface area contributed by atoms with Crippen LogP contribution in [0.25, 0.3) is 0 Å². The van der Waals surface area contributed by atoms with Crippen molar-refractivity contribution >= 4 is 5.91 Å². The first-order chi connectivity index (χ1) is 8.24. The maximum Gasteiger partial charge on any atom is 0.220 e. The third-order valence-electron chi connectivity index (χ3n) is 3.87. The average Bonchev–Trinajstić information content (AvgIpc) is 2.34. The largest absolute Gasteiger partial charge is 0.372 e. The van der Waals surface area contributed by atoms with Gasteiger partial charge in [0.05, 0.1) is 12.2 Å². The number of rotatable bonds is 3. The fourth-order valence-electron chi connectivity index (χ4n) is 2.84. The molecule has 1 spiro atoms. The Balaban J connectivity index is 1.75. The summed E-state index contributed by atoms with van der Waals surface area (Å²) in [5.41, 5.74) is 0.0598. The Morgan fingerprint density at radius 2 is 2.24 bits per heavy atom. The minimum atomic E-state index is 0.0598. The summed E-state index contributed by atoms with van der Waals surface area (Å²) >= 11 is 0. The number of hydrogen-bond donors (Lipinski definition) is 2. The van der Waals surface area contributed by atoms with Crippen molar-refractivity contribution in [1.29, 1.82) is 0 Å². The third-order valence-corrected chi connectivity index (χ3v) is 3.87. The fourth-order valence-corrected chi connectivity index (χ4v) is 2.84. The molecule has 1 heterocycles. The summed E-state index contributed by atoms with van der Waals surface area (Å²) in [6, 6.07) is 0.366. The molecule has 2 N–H and O–H groups in total. The Bertz CT molecular complexity index is 252. The summed E-state index contributed by atoms with van der Waals surface area (Å²) in [4.78, 5) is 11.5. The van der Waals surface area contributed by atoms with Crippen molar-refractivity contribution in [3.8, 4) is 0 Å². The lowest BCUT2D eigenvalue weighted by Gasteiger charge is -2.43. The van der Waals surface area contributed by atoms with E-state index in [1.165, 1.54) is 0 Å². The van der Waals surface area contributed by atoms with Gasteiger partial charge in [-0.05, 0) is 32.1 Å². The second-order valence-electron chi connectivity index (χ2n) is 5.30. The number of ether oxygens (including phenoxy) is 1. The highest BCUT2D eigenvalue weighted by atomic mass is 16.5. The predicted molar refractivity (Wildman–Crippen MR) is 66.9 cm³/mol. The minimum Gasteiger partial charge on any atom is -0.372 e. The van der Waals surface area contributed by atoms with Gasteiger partial charge in [-0.1, -0.05) is 6.92 Å². The Morgan fingerprint density at radius 3 is 2.82 bits per heavy atom. The number of morpholine rings is 1. The lowest BCUT2D eigenvalue weighted by atomic mass is 9.81. The smallest absolute Gasteiger partial charge is 0.220 e. The molecule has 0 radical (unpaired) electrons. The van der Waals surface area contributed by atoms with Gasteiger partial charge in [0.15, 0.2) is 0 Å². The van der Waals surface area contributed by atoms with Gasteiger partial charge in [-0.15, -0.1) is 0 Å². The summed E-state index contributed by atoms with van der Waals surface area (Å²) in [7, 11) is 0. The summed E-state index contributed by atoms with van der Waals surface area (Å²) in [6.45, 7) is 4.81. The summed E-state index contributed by atoms with van der Waals surface area (Å²) in [6.07, 6.45) is 5.82. The normalized spacial score (nSPS) is 33.6. The summed E-state index contributed by atoms with van der Waals surface area (Å²) in [5.74, 6) is 0.205. The van der Waals surface area contributed by atoms with Crippen LogP contribution < -0.4 is 10.6 Å². The first-order valence-electron chi connectivity index (χ1n) is 6.88. The van der Waals surface area contributed by atoms with Crippen molar-refractivity contribution < 1.29 is 9.53 Å². The molecular weight excluding hydrogens is 216 g/mol. The van der Waals surface area contributed by atoms with Gasteiger partial charge < -0.3 is 15.4 Å². The molecule has 2 fully saturated rings. The number of carbonyl (C=O) groups excluding carboxylic acids is 1. The van der Waals surface area contributed by atoms with Gasteiger partial charge in [0.25, 0.3) is 0 Å². The van der Waals surface area contributed by atoms with Crippen molar-refractivity contribution in [2.75, 3.05) is 19.7 Å². The topological polar surface area (TPSA) is 50.4 Å². The van der Waals surface area contributed by atoms with Crippen LogP contribution in [0.3, 0.4) is 0 Å². The number of carbonyl (C=O) groups is 1. The maximum atomic E-state index is 11.5. The summed E-state index contributed by atoms with van der Waals surface area (Å²) in [5, 5.41) is 6.54. The fraction of sp³-hybridized carbons (Fsp3) is 0.923. The highest BCUT2D eigenvalue weighted by molar-refractivity contribution is 5.76. The van der Waals surface area contributed by atoms with Gasteiger partial charge in [0, 0.05) is 25.6 Å². The predicted octanol–water partition coefficient (Wildman–Crippen LogP) is 1.20. The van der Waals surface area contributed by atoms with E-state index in [0.29, 0.717) is 12.5 Å². The second kappa shape index (κ2) is 5.83. The van der Waals surface area contributed by atoms with E-state index in [2.05, 4.69) is 10.6 Å². The van der Waals surface area contributed by atoms with E-state index in [0.717, 1.165) is 51.8 Å². The highest BCUT2D eigenvalue weighted by Gasteiger charge is 2.37. The molecule has 1 saturated heterocycles. The molecule has 0 aromatic rings. The zero-order valence-electron chi connectivity index (χ0n) is 10.8. The molecule has 1 aliphatic carbocycles. The van der Waals surface area contributed by atoms with E-state index in [1.807, 2.05) is 6.92 Å². The Labute approximate surface area is 103 Å². The van der Waals surface area contributed by atoms with Crippen LogP contribution in [0, 0.1) is 0 Å². The second-order valence-corrected chi connectivity index (χ2v) is 5.30. The molecule has 0 aromatic heterocycles. The van der Waals surface area contributed by atoms with Crippen LogP contribution in [-0.4, -0.2) is 37.2 Å². The Kier molecular flexibility index (Phi) is 4.40. The van der Waals surface area contributed by atoms with E-state index in [9.17, 15) is 4.79 Å². The lowest BCUT2D eigenvalue weighted by molar-refractivity contribution is -0.123. The molecule has 98 valence electrons. The van der Waals surface area contributed by atoms with Crippen LogP contribution in [0.4, 0.5) is 0 Å². The highest BCUT2D eigenvalue weighted by Crippen LogP contribution is 2.32. The zero-order valence-corrected chi connectivity index (χ0v) is 10.8. The quantitative estimate of drug-likeness (QED) is 0.779. The van der Waals surface area contributed by atoms with E-state index >= 15 is 0 Å². The van der Waals surface area contributed by atoms with Crippen LogP contribution in [0.5, 0.6) is 0 Å². The molecular formula is C13H24N2O2. The van der Waals surface area contributed by atoms with Crippen LogP contribution in [0.2, 0.25) is 0 Å². The van der Waals surface area contributed by atoms with E-state index < -0.39 is 0 Å². The monoisotopic (exact) mass is 240 g/mol. The van der Waals surface area contributed by atoms with Gasteiger partial charge in [-0.3, -0.25) is 4.79 Å². The van der Waals surface area contributed by atoms with Gasteiger partial charge in [-0.25, -0.2) is 0 Å². The molecule has 0 aromatic carbocycles. The Hall–Kier alpha value is -0.610. The number of hydrogen-bond acceptors (Lipinski definition) is 3. The SMILES string of the molecule is CCCC(=O)NC1CCC2(CC1)CNCCO2. The number of nitrogens with one attached hydrogen (secondary N) is 2. The van der Waals surface area contributed by atoms with Gasteiger partial charge in [0.1, 0.15) is 0 Å². The molecule has 1 amide bonds. The molecule has 2 rings (SSSR count). The number of amides is 1. The van der Waals surface area contributed by atoms with Crippen LogP contribution in [-0.2, 0) is 9.53 Å². The first kappa shape index (κ1) is 12.8.